The van der Waals surface area contributed by atoms with Crippen molar-refractivity contribution in [3.63, 3.8) is 0 Å². The van der Waals surface area contributed by atoms with Crippen molar-refractivity contribution in [2.45, 2.75) is 31.8 Å². The second kappa shape index (κ2) is 5.07. The van der Waals surface area contributed by atoms with Crippen LogP contribution in [-0.4, -0.2) is 45.6 Å². The van der Waals surface area contributed by atoms with Gasteiger partial charge in [0.2, 0.25) is 5.91 Å². The molecule has 6 heteroatoms. The van der Waals surface area contributed by atoms with Crippen molar-refractivity contribution in [1.82, 2.24) is 25.4 Å². The van der Waals surface area contributed by atoms with Gasteiger partial charge in [-0.2, -0.15) is 5.10 Å². The van der Waals surface area contributed by atoms with Gasteiger partial charge in [0, 0.05) is 26.1 Å². The molecule has 0 spiro atoms. The molecule has 0 aliphatic heterocycles. The Kier molecular flexibility index (Phi) is 3.51. The van der Waals surface area contributed by atoms with Gasteiger partial charge in [-0.3, -0.25) is 9.89 Å². The molecule has 1 aromatic rings. The Morgan fingerprint density at radius 2 is 2.50 bits per heavy atom. The fourth-order valence-corrected chi connectivity index (χ4v) is 1.48. The normalized spacial score (nSPS) is 15.1. The van der Waals surface area contributed by atoms with E-state index in [2.05, 4.69) is 20.5 Å². The van der Waals surface area contributed by atoms with Crippen LogP contribution < -0.4 is 5.32 Å². The first-order valence-corrected chi connectivity index (χ1v) is 5.57. The molecule has 1 heterocycles. The predicted molar refractivity (Wildman–Crippen MR) is 58.5 cm³/mol. The summed E-state index contributed by atoms with van der Waals surface area (Å²) in [6.07, 6.45) is 4.49. The van der Waals surface area contributed by atoms with Crippen LogP contribution in [0.4, 0.5) is 0 Å². The molecule has 0 unspecified atom stereocenters. The summed E-state index contributed by atoms with van der Waals surface area (Å²) in [6, 6.07) is 0.660. The van der Waals surface area contributed by atoms with E-state index in [0.29, 0.717) is 24.8 Å². The van der Waals surface area contributed by atoms with Crippen LogP contribution in [0.25, 0.3) is 0 Å². The molecule has 2 N–H and O–H groups in total. The van der Waals surface area contributed by atoms with Crippen molar-refractivity contribution >= 4 is 5.91 Å². The first-order valence-electron chi connectivity index (χ1n) is 5.57. The predicted octanol–water partition coefficient (Wildman–Crippen LogP) is -0.0948. The second-order valence-electron chi connectivity index (χ2n) is 4.16. The fourth-order valence-electron chi connectivity index (χ4n) is 1.48. The lowest BCUT2D eigenvalue weighted by Gasteiger charge is -2.15. The molecule has 1 saturated carbocycles. The highest BCUT2D eigenvalue weighted by molar-refractivity contribution is 5.75. The van der Waals surface area contributed by atoms with Gasteiger partial charge in [0.05, 0.1) is 6.54 Å². The Labute approximate surface area is 94.4 Å². The highest BCUT2D eigenvalue weighted by atomic mass is 16.2. The number of hydrogen-bond donors (Lipinski definition) is 2. The van der Waals surface area contributed by atoms with E-state index in [-0.39, 0.29) is 5.91 Å². The number of carbonyl (C=O) groups excluding carboxylic acids is 1. The molecule has 0 radical (unpaired) electrons. The van der Waals surface area contributed by atoms with Crippen LogP contribution in [0.1, 0.15) is 25.1 Å². The average molecular weight is 223 g/mol. The number of H-pyrrole nitrogens is 1. The molecule has 0 aromatic carbocycles. The van der Waals surface area contributed by atoms with Gasteiger partial charge in [-0.15, -0.1) is 0 Å². The summed E-state index contributed by atoms with van der Waals surface area (Å²) in [6.45, 7) is 1.26. The van der Waals surface area contributed by atoms with Crippen LogP contribution in [0, 0.1) is 0 Å². The highest BCUT2D eigenvalue weighted by Gasteiger charge is 2.20. The third-order valence-corrected chi connectivity index (χ3v) is 2.63. The Morgan fingerprint density at radius 1 is 1.69 bits per heavy atom. The van der Waals surface area contributed by atoms with E-state index in [1.165, 1.54) is 19.2 Å². The van der Waals surface area contributed by atoms with E-state index in [0.717, 1.165) is 6.54 Å². The third kappa shape index (κ3) is 3.30. The van der Waals surface area contributed by atoms with Gasteiger partial charge < -0.3 is 10.2 Å². The van der Waals surface area contributed by atoms with E-state index >= 15 is 0 Å². The summed E-state index contributed by atoms with van der Waals surface area (Å²) in [5.41, 5.74) is 0. The van der Waals surface area contributed by atoms with Gasteiger partial charge in [0.15, 0.2) is 0 Å². The quantitative estimate of drug-likeness (QED) is 0.706. The fraction of sp³-hybridized carbons (Fsp3) is 0.700. The zero-order valence-corrected chi connectivity index (χ0v) is 9.44. The highest BCUT2D eigenvalue weighted by Crippen LogP contribution is 2.18. The van der Waals surface area contributed by atoms with Crippen LogP contribution >= 0.6 is 0 Å². The number of carbonyl (C=O) groups is 1. The molecule has 0 bridgehead atoms. The van der Waals surface area contributed by atoms with Gasteiger partial charge in [-0.1, -0.05) is 0 Å². The van der Waals surface area contributed by atoms with Crippen LogP contribution in [0.3, 0.4) is 0 Å². The molecule has 1 amide bonds. The molecule has 2 rings (SSSR count). The van der Waals surface area contributed by atoms with E-state index in [1.54, 1.807) is 11.9 Å². The Morgan fingerprint density at radius 3 is 3.12 bits per heavy atom. The van der Waals surface area contributed by atoms with Crippen molar-refractivity contribution in [2.24, 2.45) is 0 Å². The van der Waals surface area contributed by atoms with Crippen molar-refractivity contribution < 1.29 is 4.79 Å². The maximum atomic E-state index is 11.7. The van der Waals surface area contributed by atoms with Crippen molar-refractivity contribution in [1.29, 1.82) is 0 Å². The van der Waals surface area contributed by atoms with Crippen LogP contribution in [0.15, 0.2) is 6.33 Å². The summed E-state index contributed by atoms with van der Waals surface area (Å²) < 4.78 is 0. The van der Waals surface area contributed by atoms with E-state index < -0.39 is 0 Å². The summed E-state index contributed by atoms with van der Waals surface area (Å²) in [5, 5.41) is 9.80. The zero-order valence-electron chi connectivity index (χ0n) is 9.44. The van der Waals surface area contributed by atoms with Gasteiger partial charge in [0.25, 0.3) is 0 Å². The molecular weight excluding hydrogens is 206 g/mol. The Hall–Kier alpha value is -1.43. The van der Waals surface area contributed by atoms with Crippen LogP contribution in [0.2, 0.25) is 0 Å². The molecule has 0 atom stereocenters. The molecule has 6 nitrogen and oxygen atoms in total. The molecule has 1 aliphatic rings. The standard InChI is InChI=1S/C10H17N5O/c1-15(6-9-12-7-13-14-9)10(16)4-5-11-8-2-3-8/h7-8,11H,2-6H2,1H3,(H,12,13,14). The van der Waals surface area contributed by atoms with Crippen LogP contribution in [-0.2, 0) is 11.3 Å². The first-order chi connectivity index (χ1) is 7.75. The van der Waals surface area contributed by atoms with Gasteiger partial charge in [0.1, 0.15) is 12.2 Å². The number of nitrogens with one attached hydrogen (secondary N) is 2. The first kappa shape index (κ1) is 11.1. The lowest BCUT2D eigenvalue weighted by atomic mass is 10.3. The number of rotatable bonds is 6. The topological polar surface area (TPSA) is 73.9 Å². The van der Waals surface area contributed by atoms with E-state index in [9.17, 15) is 4.79 Å². The van der Waals surface area contributed by atoms with Gasteiger partial charge in [-0.25, -0.2) is 4.98 Å². The second-order valence-corrected chi connectivity index (χ2v) is 4.16. The summed E-state index contributed by atoms with van der Waals surface area (Å²) in [4.78, 5) is 17.3. The van der Waals surface area contributed by atoms with E-state index in [1.807, 2.05) is 0 Å². The van der Waals surface area contributed by atoms with Crippen molar-refractivity contribution in [3.05, 3.63) is 12.2 Å². The summed E-state index contributed by atoms with van der Waals surface area (Å²) in [5.74, 6) is 0.843. The minimum absolute atomic E-state index is 0.129. The molecule has 88 valence electrons. The maximum absolute atomic E-state index is 11.7. The molecular formula is C10H17N5O. The largest absolute Gasteiger partial charge is 0.338 e. The molecule has 16 heavy (non-hydrogen) atoms. The van der Waals surface area contributed by atoms with Crippen molar-refractivity contribution in [2.75, 3.05) is 13.6 Å². The van der Waals surface area contributed by atoms with Crippen molar-refractivity contribution in [3.8, 4) is 0 Å². The summed E-state index contributed by atoms with van der Waals surface area (Å²) >= 11 is 0. The Bertz CT molecular complexity index is 333. The molecule has 1 fully saturated rings. The maximum Gasteiger partial charge on any atom is 0.223 e. The smallest absolute Gasteiger partial charge is 0.223 e. The van der Waals surface area contributed by atoms with E-state index in [4.69, 9.17) is 0 Å². The lowest BCUT2D eigenvalue weighted by Crippen LogP contribution is -2.30. The average Bonchev–Trinajstić information content (AvgIpc) is 2.95. The number of hydrogen-bond acceptors (Lipinski definition) is 4. The van der Waals surface area contributed by atoms with Crippen LogP contribution in [0.5, 0.6) is 0 Å². The minimum atomic E-state index is 0.129. The monoisotopic (exact) mass is 223 g/mol. The van der Waals surface area contributed by atoms with Gasteiger partial charge >= 0.3 is 0 Å². The minimum Gasteiger partial charge on any atom is -0.338 e. The zero-order chi connectivity index (χ0) is 11.4. The molecule has 0 saturated heterocycles. The molecule has 1 aromatic heterocycles. The number of aromatic nitrogens is 3. The summed E-state index contributed by atoms with van der Waals surface area (Å²) in [7, 11) is 1.78. The van der Waals surface area contributed by atoms with Gasteiger partial charge in [-0.05, 0) is 12.8 Å². The number of amides is 1. The number of nitrogens with zero attached hydrogens (tertiary/aromatic N) is 3. The third-order valence-electron chi connectivity index (χ3n) is 2.63. The number of aromatic amines is 1. The molecule has 1 aliphatic carbocycles. The Balaban J connectivity index is 1.66. The lowest BCUT2D eigenvalue weighted by molar-refractivity contribution is -0.130. The SMILES string of the molecule is CN(Cc1ncn[nH]1)C(=O)CCNC1CC1.